The Labute approximate surface area is 307 Å². The first-order valence-electron chi connectivity index (χ1n) is 15.8. The van der Waals surface area contributed by atoms with E-state index in [1.165, 1.54) is 48.5 Å². The van der Waals surface area contributed by atoms with Gasteiger partial charge in [-0.15, -0.1) is 0 Å². The fourth-order valence-electron chi connectivity index (χ4n) is 5.59. The number of phenolic OH excluding ortho intramolecular Hbond substituents is 2. The third-order valence-corrected chi connectivity index (χ3v) is 10.1. The van der Waals surface area contributed by atoms with Crippen LogP contribution in [0.1, 0.15) is 31.8 Å². The van der Waals surface area contributed by atoms with Crippen LogP contribution in [0, 0.1) is 13.8 Å². The largest absolute Gasteiger partial charge is 0.507 e. The van der Waals surface area contributed by atoms with Gasteiger partial charge in [-0.25, -0.2) is 4.79 Å². The summed E-state index contributed by atoms with van der Waals surface area (Å²) in [6.45, 7) is 3.52. The minimum Gasteiger partial charge on any atom is -0.507 e. The van der Waals surface area contributed by atoms with Crippen LogP contribution >= 0.6 is 0 Å². The zero-order valence-electron chi connectivity index (χ0n) is 28.2. The molecule has 6 aromatic rings. The van der Waals surface area contributed by atoms with E-state index in [0.29, 0.717) is 55.4 Å². The highest BCUT2D eigenvalue weighted by Crippen LogP contribution is 2.34. The molecule has 6 aromatic carbocycles. The summed E-state index contributed by atoms with van der Waals surface area (Å²) in [4.78, 5) is 37.8. The van der Waals surface area contributed by atoms with Crippen LogP contribution in [0.5, 0.6) is 11.5 Å². The van der Waals surface area contributed by atoms with Gasteiger partial charge in [-0.3, -0.25) is 29.3 Å². The van der Waals surface area contributed by atoms with Gasteiger partial charge in [0, 0.05) is 56.8 Å². The van der Waals surface area contributed by atoms with Gasteiger partial charge in [0.2, 0.25) is 0 Å². The molecule has 15 nitrogen and oxygen atoms in total. The third kappa shape index (κ3) is 8.08. The molecule has 0 aliphatic heterocycles. The number of hydrogen-bond acceptors (Lipinski definition) is 11. The number of hydrogen-bond donors (Lipinski definition) is 8. The number of rotatable bonds is 8. The zero-order chi connectivity index (χ0) is 39.1. The lowest BCUT2D eigenvalue weighted by atomic mass is 10.1. The molecule has 0 saturated heterocycles. The molecule has 276 valence electrons. The Morgan fingerprint density at radius 3 is 1.28 bits per heavy atom. The minimum atomic E-state index is -4.58. The first kappa shape index (κ1) is 37.2. The predicted molar refractivity (Wildman–Crippen MR) is 200 cm³/mol. The van der Waals surface area contributed by atoms with Crippen molar-refractivity contribution in [3.8, 4) is 11.5 Å². The van der Waals surface area contributed by atoms with Gasteiger partial charge in [0.15, 0.2) is 0 Å². The van der Waals surface area contributed by atoms with Gasteiger partial charge in [-0.1, -0.05) is 12.1 Å². The van der Waals surface area contributed by atoms with Crippen LogP contribution in [0.4, 0.5) is 27.5 Å². The fourth-order valence-corrected chi connectivity index (χ4v) is 6.66. The number of phenols is 2. The average Bonchev–Trinajstić information content (AvgIpc) is 3.09. The molecule has 17 heteroatoms. The topological polar surface area (TPSA) is 249 Å². The summed E-state index contributed by atoms with van der Waals surface area (Å²) in [7, 11) is -9.16. The lowest BCUT2D eigenvalue weighted by Gasteiger charge is -2.14. The maximum absolute atomic E-state index is 13.0. The minimum absolute atomic E-state index is 0.0621. The summed E-state index contributed by atoms with van der Waals surface area (Å²) in [6, 6.07) is 21.7. The number of carbonyl (C=O) groups is 3. The van der Waals surface area contributed by atoms with E-state index in [2.05, 4.69) is 21.3 Å². The van der Waals surface area contributed by atoms with Crippen LogP contribution in [-0.4, -0.2) is 54.0 Å². The van der Waals surface area contributed by atoms with Crippen molar-refractivity contribution in [1.29, 1.82) is 0 Å². The van der Waals surface area contributed by atoms with E-state index in [1.807, 2.05) is 0 Å². The molecule has 0 aromatic heterocycles. The van der Waals surface area contributed by atoms with Gasteiger partial charge in [-0.2, -0.15) is 16.8 Å². The Bertz CT molecular complexity index is 2600. The van der Waals surface area contributed by atoms with Crippen molar-refractivity contribution in [3.63, 3.8) is 0 Å². The standard InChI is InChI=1S/C37H30N4O11S2/c1-19-3-5-21(15-31(19)38-25-7-9-29-23(11-25)13-27(17-33(29)42)53(47,48)49)35(44)40-37(46)41-36(45)22-6-4-20(2)32(16-22)39-26-8-10-30-24(12-26)14-28(18-34(30)43)54(50,51)52/h3-18,38-39,42-43H,1-2H3,(H,47,48,49)(H,50,51,52)(H2,40,41,44,45,46). The Morgan fingerprint density at radius 1 is 0.519 bits per heavy atom. The number of nitrogens with one attached hydrogen (secondary N) is 4. The van der Waals surface area contributed by atoms with E-state index in [-0.39, 0.29) is 22.6 Å². The van der Waals surface area contributed by atoms with Gasteiger partial charge >= 0.3 is 6.03 Å². The molecular weight excluding hydrogens is 741 g/mol. The molecule has 0 bridgehead atoms. The number of anilines is 4. The van der Waals surface area contributed by atoms with Crippen molar-refractivity contribution < 1.29 is 50.5 Å². The molecule has 0 aliphatic carbocycles. The molecule has 0 unspecified atom stereocenters. The Hall–Kier alpha value is -6.53. The van der Waals surface area contributed by atoms with Crippen molar-refractivity contribution >= 4 is 82.4 Å². The monoisotopic (exact) mass is 770 g/mol. The Morgan fingerprint density at radius 2 is 0.907 bits per heavy atom. The molecule has 0 heterocycles. The van der Waals surface area contributed by atoms with Crippen LogP contribution in [0.2, 0.25) is 0 Å². The molecule has 54 heavy (non-hydrogen) atoms. The first-order valence-corrected chi connectivity index (χ1v) is 18.6. The number of imide groups is 2. The van der Waals surface area contributed by atoms with Crippen LogP contribution < -0.4 is 21.3 Å². The van der Waals surface area contributed by atoms with Crippen molar-refractivity contribution in [3.05, 3.63) is 119 Å². The van der Waals surface area contributed by atoms with Gasteiger partial charge in [0.25, 0.3) is 32.1 Å². The van der Waals surface area contributed by atoms with Crippen LogP contribution in [0.3, 0.4) is 0 Å². The summed E-state index contributed by atoms with van der Waals surface area (Å²) in [5.74, 6) is -2.34. The SMILES string of the molecule is Cc1ccc(C(=O)NC(=O)NC(=O)c2ccc(C)c(Nc3ccc4c(O)cc(S(=O)(=O)O)cc4c3)c2)cc1Nc1ccc2c(O)cc(S(=O)(=O)O)cc2c1. The maximum Gasteiger partial charge on any atom is 0.328 e. The number of aryl methyl sites for hydroxylation is 2. The Balaban J connectivity index is 1.14. The Kier molecular flexibility index (Phi) is 9.74. The van der Waals surface area contributed by atoms with Gasteiger partial charge in [0.05, 0.1) is 9.79 Å². The highest BCUT2D eigenvalue weighted by Gasteiger charge is 2.18. The molecule has 0 aliphatic rings. The van der Waals surface area contributed by atoms with Crippen LogP contribution in [0.25, 0.3) is 21.5 Å². The molecular formula is C37H30N4O11S2. The third-order valence-electron chi connectivity index (χ3n) is 8.42. The van der Waals surface area contributed by atoms with Gasteiger partial charge in [0.1, 0.15) is 11.5 Å². The van der Waals surface area contributed by atoms with Crippen molar-refractivity contribution in [2.75, 3.05) is 10.6 Å². The van der Waals surface area contributed by atoms with E-state index >= 15 is 0 Å². The fraction of sp³-hybridized carbons (Fsp3) is 0.0541. The first-order chi connectivity index (χ1) is 25.3. The normalized spacial score (nSPS) is 11.6. The molecule has 8 N–H and O–H groups in total. The molecule has 0 saturated carbocycles. The van der Waals surface area contributed by atoms with E-state index in [1.54, 1.807) is 50.2 Å². The van der Waals surface area contributed by atoms with E-state index in [0.717, 1.165) is 12.1 Å². The van der Waals surface area contributed by atoms with Crippen LogP contribution in [0.15, 0.2) is 107 Å². The lowest BCUT2D eigenvalue weighted by molar-refractivity contribution is 0.0944. The lowest BCUT2D eigenvalue weighted by Crippen LogP contribution is -2.42. The number of fused-ring (bicyclic) bond motifs is 2. The quantitative estimate of drug-likeness (QED) is 0.0795. The van der Waals surface area contributed by atoms with Crippen molar-refractivity contribution in [2.45, 2.75) is 23.6 Å². The number of urea groups is 1. The molecule has 6 rings (SSSR count). The maximum atomic E-state index is 13.0. The molecule has 0 radical (unpaired) electrons. The second kappa shape index (κ2) is 14.1. The summed E-state index contributed by atoms with van der Waals surface area (Å²) in [5.41, 5.74) is 3.35. The molecule has 0 atom stereocenters. The smallest absolute Gasteiger partial charge is 0.328 e. The summed E-state index contributed by atoms with van der Waals surface area (Å²) < 4.78 is 65.4. The number of amides is 4. The van der Waals surface area contributed by atoms with E-state index in [9.17, 15) is 50.5 Å². The summed E-state index contributed by atoms with van der Waals surface area (Å²) in [5, 5.41) is 32.2. The van der Waals surface area contributed by atoms with Crippen LogP contribution in [-0.2, 0) is 20.2 Å². The van der Waals surface area contributed by atoms with Gasteiger partial charge in [-0.05, 0) is 109 Å². The average molecular weight is 771 g/mol. The van der Waals surface area contributed by atoms with E-state index < -0.39 is 47.9 Å². The number of aromatic hydroxyl groups is 2. The summed E-state index contributed by atoms with van der Waals surface area (Å²) in [6.07, 6.45) is 0. The highest BCUT2D eigenvalue weighted by atomic mass is 32.2. The number of benzene rings is 6. The predicted octanol–water partition coefficient (Wildman–Crippen LogP) is 6.28. The second-order valence-electron chi connectivity index (χ2n) is 12.3. The zero-order valence-corrected chi connectivity index (χ0v) is 29.8. The number of carbonyl (C=O) groups excluding carboxylic acids is 3. The molecule has 4 amide bonds. The second-order valence-corrected chi connectivity index (χ2v) is 15.1. The molecule has 0 fully saturated rings. The highest BCUT2D eigenvalue weighted by molar-refractivity contribution is 7.86. The van der Waals surface area contributed by atoms with E-state index in [4.69, 9.17) is 0 Å². The van der Waals surface area contributed by atoms with Gasteiger partial charge < -0.3 is 20.8 Å². The molecule has 0 spiro atoms. The van der Waals surface area contributed by atoms with Crippen molar-refractivity contribution in [2.24, 2.45) is 0 Å². The summed E-state index contributed by atoms with van der Waals surface area (Å²) >= 11 is 0. The van der Waals surface area contributed by atoms with Crippen molar-refractivity contribution in [1.82, 2.24) is 10.6 Å².